The van der Waals surface area contributed by atoms with Crippen molar-refractivity contribution in [1.29, 1.82) is 0 Å². The first-order valence-corrected chi connectivity index (χ1v) is 12.4. The van der Waals surface area contributed by atoms with Gasteiger partial charge in [0.15, 0.2) is 0 Å². The first-order chi connectivity index (χ1) is 18.9. The highest BCUT2D eigenvalue weighted by Gasteiger charge is 2.35. The van der Waals surface area contributed by atoms with Crippen molar-refractivity contribution in [3.8, 4) is 5.75 Å². The van der Waals surface area contributed by atoms with Gasteiger partial charge in [0.2, 0.25) is 5.91 Å². The molecule has 4 aromatic rings. The normalized spacial score (nSPS) is 11.5. The fourth-order valence-corrected chi connectivity index (χ4v) is 4.51. The largest absolute Gasteiger partial charge is 0.497 e. The van der Waals surface area contributed by atoms with E-state index < -0.39 is 22.9 Å². The minimum absolute atomic E-state index is 0.0223. The van der Waals surface area contributed by atoms with Crippen LogP contribution in [0.25, 0.3) is 0 Å². The third-order valence-electron chi connectivity index (χ3n) is 6.55. The van der Waals surface area contributed by atoms with Crippen molar-refractivity contribution >= 4 is 17.6 Å². The molecular weight excluding hydrogens is 496 g/mol. The van der Waals surface area contributed by atoms with E-state index in [1.807, 2.05) is 60.7 Å². The van der Waals surface area contributed by atoms with Gasteiger partial charge >= 0.3 is 5.97 Å². The highest BCUT2D eigenvalue weighted by Crippen LogP contribution is 2.30. The number of aliphatic carboxylic acids is 1. The Morgan fingerprint density at radius 1 is 0.821 bits per heavy atom. The number of nitro benzene ring substituents is 1. The van der Waals surface area contributed by atoms with Gasteiger partial charge in [0.25, 0.3) is 5.69 Å². The van der Waals surface area contributed by atoms with Crippen LogP contribution in [0.5, 0.6) is 5.75 Å². The summed E-state index contributed by atoms with van der Waals surface area (Å²) in [7, 11) is 1.56. The quantitative estimate of drug-likeness (QED) is 0.206. The van der Waals surface area contributed by atoms with Crippen molar-refractivity contribution in [2.45, 2.75) is 24.9 Å². The monoisotopic (exact) mass is 524 g/mol. The fourth-order valence-electron chi connectivity index (χ4n) is 4.51. The van der Waals surface area contributed by atoms with Gasteiger partial charge in [-0.25, -0.2) is 4.79 Å². The molecule has 1 N–H and O–H groups in total. The second-order valence-corrected chi connectivity index (χ2v) is 9.05. The smallest absolute Gasteiger partial charge is 0.326 e. The molecule has 1 atom stereocenters. The number of ether oxygens (including phenoxy) is 1. The van der Waals surface area contributed by atoms with Crippen LogP contribution < -0.4 is 4.74 Å². The molecule has 0 aliphatic rings. The summed E-state index contributed by atoms with van der Waals surface area (Å²) in [5, 5.41) is 21.4. The van der Waals surface area contributed by atoms with Gasteiger partial charge in [0.05, 0.1) is 18.0 Å². The Morgan fingerprint density at radius 2 is 1.33 bits per heavy atom. The summed E-state index contributed by atoms with van der Waals surface area (Å²) in [5.74, 6) is -1.62. The maximum atomic E-state index is 14.4. The summed E-state index contributed by atoms with van der Waals surface area (Å²) in [6.07, 6.45) is -0.0223. The first-order valence-electron chi connectivity index (χ1n) is 12.4. The molecule has 0 saturated carbocycles. The van der Waals surface area contributed by atoms with E-state index in [9.17, 15) is 24.8 Å². The van der Waals surface area contributed by atoms with Crippen LogP contribution in [0, 0.1) is 10.1 Å². The number of hydrogen-bond acceptors (Lipinski definition) is 5. The number of amides is 1. The maximum Gasteiger partial charge on any atom is 0.326 e. The van der Waals surface area contributed by atoms with E-state index in [1.165, 1.54) is 29.2 Å². The summed E-state index contributed by atoms with van der Waals surface area (Å²) in [5.41, 5.74) is 2.70. The van der Waals surface area contributed by atoms with E-state index in [0.717, 1.165) is 16.7 Å². The predicted molar refractivity (Wildman–Crippen MR) is 146 cm³/mol. The van der Waals surface area contributed by atoms with Crippen molar-refractivity contribution < 1.29 is 24.4 Å². The lowest BCUT2D eigenvalue weighted by Gasteiger charge is -2.33. The zero-order valence-corrected chi connectivity index (χ0v) is 21.3. The average molecular weight is 525 g/mol. The van der Waals surface area contributed by atoms with Crippen LogP contribution in [0.4, 0.5) is 5.69 Å². The number of benzene rings is 4. The summed E-state index contributed by atoms with van der Waals surface area (Å²) in [6, 6.07) is 30.1. The molecule has 0 aromatic heterocycles. The summed E-state index contributed by atoms with van der Waals surface area (Å²) >= 11 is 0. The van der Waals surface area contributed by atoms with Gasteiger partial charge < -0.3 is 14.7 Å². The molecule has 4 aromatic carbocycles. The number of carboxylic acid groups (broad SMARTS) is 1. The maximum absolute atomic E-state index is 14.4. The van der Waals surface area contributed by atoms with Crippen LogP contribution in [0.15, 0.2) is 109 Å². The van der Waals surface area contributed by atoms with Crippen LogP contribution in [-0.4, -0.2) is 40.0 Å². The average Bonchev–Trinajstić information content (AvgIpc) is 2.96. The van der Waals surface area contributed by atoms with Crippen molar-refractivity contribution in [2.24, 2.45) is 0 Å². The number of non-ortho nitro benzene ring substituents is 1. The number of carbonyl (C=O) groups excluding carboxylic acids is 1. The van der Waals surface area contributed by atoms with Crippen molar-refractivity contribution in [3.63, 3.8) is 0 Å². The molecule has 0 bridgehead atoms. The van der Waals surface area contributed by atoms with Gasteiger partial charge in [0, 0.05) is 25.1 Å². The zero-order chi connectivity index (χ0) is 27.8. The van der Waals surface area contributed by atoms with Crippen molar-refractivity contribution in [3.05, 3.63) is 142 Å². The molecule has 8 heteroatoms. The summed E-state index contributed by atoms with van der Waals surface area (Å²) < 4.78 is 5.24. The van der Waals surface area contributed by atoms with Gasteiger partial charge in [-0.15, -0.1) is 0 Å². The number of rotatable bonds is 11. The molecule has 8 nitrogen and oxygen atoms in total. The second kappa shape index (κ2) is 12.5. The molecule has 0 aliphatic heterocycles. The third kappa shape index (κ3) is 6.67. The molecule has 0 spiro atoms. The van der Waals surface area contributed by atoms with Gasteiger partial charge in [-0.3, -0.25) is 14.9 Å². The number of carbonyl (C=O) groups is 2. The lowest BCUT2D eigenvalue weighted by molar-refractivity contribution is -0.384. The molecule has 0 heterocycles. The third-order valence-corrected chi connectivity index (χ3v) is 6.55. The molecule has 0 radical (unpaired) electrons. The molecule has 0 fully saturated rings. The van der Waals surface area contributed by atoms with E-state index >= 15 is 0 Å². The van der Waals surface area contributed by atoms with Gasteiger partial charge in [-0.2, -0.15) is 0 Å². The van der Waals surface area contributed by atoms with E-state index in [-0.39, 0.29) is 24.6 Å². The molecule has 39 heavy (non-hydrogen) atoms. The zero-order valence-electron chi connectivity index (χ0n) is 21.3. The number of carboxylic acids is 1. The molecule has 4 rings (SSSR count). The SMILES string of the molecule is COc1ccc(CN(C(=O)C(c2ccccc2)c2ccccc2)[C@H](Cc2ccc([N+](=O)[O-])cc2)C(=O)O)cc1. The van der Waals surface area contributed by atoms with Crippen LogP contribution in [-0.2, 0) is 22.6 Å². The number of nitro groups is 1. The second-order valence-electron chi connectivity index (χ2n) is 9.05. The fraction of sp³-hybridized carbons (Fsp3) is 0.161. The minimum atomic E-state index is -1.23. The highest BCUT2D eigenvalue weighted by molar-refractivity contribution is 5.91. The Hall–Kier alpha value is -4.98. The standard InChI is InChI=1S/C31H28N2O6/c1-39-27-18-14-23(15-19-27)21-32(28(31(35)36)20-22-12-16-26(17-13-22)33(37)38)30(34)29(24-8-4-2-5-9-24)25-10-6-3-7-11-25/h2-19,28-29H,20-21H2,1H3,(H,35,36)/t28-/m1/s1. The topological polar surface area (TPSA) is 110 Å². The first kappa shape index (κ1) is 27.1. The van der Waals surface area contributed by atoms with Crippen LogP contribution in [0.3, 0.4) is 0 Å². The molecule has 0 aliphatic carbocycles. The van der Waals surface area contributed by atoms with Gasteiger partial charge in [-0.05, 0) is 34.4 Å². The minimum Gasteiger partial charge on any atom is -0.497 e. The molecular formula is C31H28N2O6. The van der Waals surface area contributed by atoms with E-state index in [4.69, 9.17) is 4.74 Å². The van der Waals surface area contributed by atoms with Crippen molar-refractivity contribution in [1.82, 2.24) is 4.90 Å². The Morgan fingerprint density at radius 3 is 1.79 bits per heavy atom. The van der Waals surface area contributed by atoms with Gasteiger partial charge in [0.1, 0.15) is 11.8 Å². The van der Waals surface area contributed by atoms with E-state index in [2.05, 4.69) is 0 Å². The Kier molecular flexibility index (Phi) is 8.68. The molecule has 198 valence electrons. The lowest BCUT2D eigenvalue weighted by Crippen LogP contribution is -2.48. The lowest BCUT2D eigenvalue weighted by atomic mass is 9.89. The number of nitrogens with zero attached hydrogens (tertiary/aromatic N) is 2. The number of methoxy groups -OCH3 is 1. The molecule has 0 unspecified atom stereocenters. The summed E-state index contributed by atoms with van der Waals surface area (Å²) in [6.45, 7) is 0.0446. The van der Waals surface area contributed by atoms with E-state index in [1.54, 1.807) is 31.4 Å². The number of hydrogen-bond donors (Lipinski definition) is 1. The molecule has 0 saturated heterocycles. The predicted octanol–water partition coefficient (Wildman–Crippen LogP) is 5.46. The van der Waals surface area contributed by atoms with E-state index in [0.29, 0.717) is 11.3 Å². The molecule has 1 amide bonds. The van der Waals surface area contributed by atoms with Crippen molar-refractivity contribution in [2.75, 3.05) is 7.11 Å². The highest BCUT2D eigenvalue weighted by atomic mass is 16.6. The Balaban J connectivity index is 1.77. The van der Waals surface area contributed by atoms with Crippen LogP contribution in [0.1, 0.15) is 28.2 Å². The Bertz CT molecular complexity index is 1370. The Labute approximate surface area is 226 Å². The summed E-state index contributed by atoms with van der Waals surface area (Å²) in [4.78, 5) is 39.0. The van der Waals surface area contributed by atoms with Crippen LogP contribution >= 0.6 is 0 Å². The van der Waals surface area contributed by atoms with Crippen LogP contribution in [0.2, 0.25) is 0 Å². The van der Waals surface area contributed by atoms with Gasteiger partial charge in [-0.1, -0.05) is 84.9 Å².